The zero-order valence-electron chi connectivity index (χ0n) is 15.8. The molecular formula is C21H26N2O3S. The summed E-state index contributed by atoms with van der Waals surface area (Å²) in [6, 6.07) is 14.5. The summed E-state index contributed by atoms with van der Waals surface area (Å²) in [5.41, 5.74) is 1.27. The number of ether oxygens (including phenoxy) is 2. The minimum absolute atomic E-state index is 0.232. The van der Waals surface area contributed by atoms with Gasteiger partial charge in [0.05, 0.1) is 13.2 Å². The van der Waals surface area contributed by atoms with E-state index in [4.69, 9.17) is 21.7 Å². The molecular weight excluding hydrogens is 360 g/mol. The monoisotopic (exact) mass is 386 g/mol. The molecule has 1 amide bonds. The van der Waals surface area contributed by atoms with E-state index in [0.29, 0.717) is 18.8 Å². The Morgan fingerprint density at radius 1 is 0.963 bits per heavy atom. The molecule has 0 saturated carbocycles. The van der Waals surface area contributed by atoms with E-state index in [9.17, 15) is 4.79 Å². The third-order valence-electron chi connectivity index (χ3n) is 3.67. The van der Waals surface area contributed by atoms with E-state index in [-0.39, 0.29) is 11.0 Å². The molecule has 5 nitrogen and oxygen atoms in total. The number of thiocarbonyl (C=S) groups is 1. The summed E-state index contributed by atoms with van der Waals surface area (Å²) in [5.74, 6) is 1.24. The average Bonchev–Trinajstić information content (AvgIpc) is 2.67. The number of anilines is 1. The Hall–Kier alpha value is -2.60. The molecule has 0 heterocycles. The molecule has 0 fully saturated rings. The van der Waals surface area contributed by atoms with Gasteiger partial charge >= 0.3 is 0 Å². The van der Waals surface area contributed by atoms with E-state index in [2.05, 4.69) is 24.5 Å². The lowest BCUT2D eigenvalue weighted by Crippen LogP contribution is -2.34. The third kappa shape index (κ3) is 7.27. The van der Waals surface area contributed by atoms with Gasteiger partial charge in [-0.25, -0.2) is 0 Å². The van der Waals surface area contributed by atoms with Crippen molar-refractivity contribution in [3.63, 3.8) is 0 Å². The van der Waals surface area contributed by atoms with E-state index < -0.39 is 0 Å². The second-order valence-electron chi connectivity index (χ2n) is 6.01. The van der Waals surface area contributed by atoms with Crippen LogP contribution < -0.4 is 20.1 Å². The van der Waals surface area contributed by atoms with Crippen molar-refractivity contribution in [3.05, 3.63) is 54.1 Å². The van der Waals surface area contributed by atoms with Gasteiger partial charge in [-0.05, 0) is 61.5 Å². The highest BCUT2D eigenvalue weighted by molar-refractivity contribution is 7.80. The maximum atomic E-state index is 12.3. The molecule has 6 heteroatoms. The molecule has 0 saturated heterocycles. The first-order chi connectivity index (χ1) is 13.1. The molecule has 144 valence electrons. The second-order valence-corrected chi connectivity index (χ2v) is 6.42. The minimum Gasteiger partial charge on any atom is -0.494 e. The molecule has 0 atom stereocenters. The highest BCUT2D eigenvalue weighted by Crippen LogP contribution is 2.17. The van der Waals surface area contributed by atoms with Gasteiger partial charge in [0.25, 0.3) is 5.91 Å². The lowest BCUT2D eigenvalue weighted by molar-refractivity contribution is 0.0977. The van der Waals surface area contributed by atoms with Crippen LogP contribution in [0.5, 0.6) is 11.5 Å². The van der Waals surface area contributed by atoms with E-state index >= 15 is 0 Å². The summed E-state index contributed by atoms with van der Waals surface area (Å²) in [4.78, 5) is 12.3. The fourth-order valence-corrected chi connectivity index (χ4v) is 2.47. The molecule has 27 heavy (non-hydrogen) atoms. The topological polar surface area (TPSA) is 59.6 Å². The summed E-state index contributed by atoms with van der Waals surface area (Å²) in [6.45, 7) is 5.50. The summed E-state index contributed by atoms with van der Waals surface area (Å²) in [5, 5.41) is 5.91. The van der Waals surface area contributed by atoms with Crippen LogP contribution in [0.1, 0.15) is 43.5 Å². The van der Waals surface area contributed by atoms with Crippen molar-refractivity contribution in [2.75, 3.05) is 18.5 Å². The number of nitrogens with one attached hydrogen (secondary N) is 2. The quantitative estimate of drug-likeness (QED) is 0.480. The van der Waals surface area contributed by atoms with E-state index in [1.165, 1.54) is 0 Å². The molecule has 2 rings (SSSR count). The number of amides is 1. The summed E-state index contributed by atoms with van der Waals surface area (Å²) >= 11 is 5.23. The first kappa shape index (κ1) is 20.7. The molecule has 0 radical (unpaired) electrons. The first-order valence-electron chi connectivity index (χ1n) is 9.20. The standard InChI is InChI=1S/C21H26N2O3S/c1-3-5-14-26-18-11-9-16(10-12-18)20(24)23-21(27)22-17-7-6-8-19(15-17)25-13-4-2/h6-12,15H,3-5,13-14H2,1-2H3,(H2,22,23,24,27). The molecule has 2 N–H and O–H groups in total. The zero-order chi connectivity index (χ0) is 19.5. The number of rotatable bonds is 9. The molecule has 2 aromatic rings. The van der Waals surface area contributed by atoms with Gasteiger partial charge in [-0.1, -0.05) is 26.3 Å². The van der Waals surface area contributed by atoms with Gasteiger partial charge < -0.3 is 14.8 Å². The maximum Gasteiger partial charge on any atom is 0.257 e. The smallest absolute Gasteiger partial charge is 0.257 e. The van der Waals surface area contributed by atoms with E-state index in [1.54, 1.807) is 24.3 Å². The zero-order valence-corrected chi connectivity index (χ0v) is 16.6. The number of unbranched alkanes of at least 4 members (excludes halogenated alkanes) is 1. The number of benzene rings is 2. The SMILES string of the molecule is CCCCOc1ccc(C(=O)NC(=S)Nc2cccc(OCCC)c2)cc1. The lowest BCUT2D eigenvalue weighted by Gasteiger charge is -2.11. The third-order valence-corrected chi connectivity index (χ3v) is 3.88. The van der Waals surface area contributed by atoms with Crippen LogP contribution in [0.25, 0.3) is 0 Å². The van der Waals surface area contributed by atoms with Gasteiger partial charge in [0.2, 0.25) is 0 Å². The van der Waals surface area contributed by atoms with Crippen LogP contribution in [0, 0.1) is 0 Å². The fraction of sp³-hybridized carbons (Fsp3) is 0.333. The Labute approximate surface area is 166 Å². The normalized spacial score (nSPS) is 10.1. The number of hydrogen-bond acceptors (Lipinski definition) is 4. The Bertz CT molecular complexity index is 747. The van der Waals surface area contributed by atoms with Crippen LogP contribution in [0.2, 0.25) is 0 Å². The molecule has 0 unspecified atom stereocenters. The summed E-state index contributed by atoms with van der Waals surface area (Å²) in [7, 11) is 0. The summed E-state index contributed by atoms with van der Waals surface area (Å²) in [6.07, 6.45) is 3.03. The number of carbonyl (C=O) groups is 1. The Kier molecular flexibility index (Phi) is 8.58. The van der Waals surface area contributed by atoms with Gasteiger partial charge in [-0.2, -0.15) is 0 Å². The lowest BCUT2D eigenvalue weighted by atomic mass is 10.2. The highest BCUT2D eigenvalue weighted by Gasteiger charge is 2.08. The maximum absolute atomic E-state index is 12.3. The number of hydrogen-bond donors (Lipinski definition) is 2. The molecule has 0 aliphatic rings. The van der Waals surface area contributed by atoms with Crippen LogP contribution in [-0.2, 0) is 0 Å². The first-order valence-corrected chi connectivity index (χ1v) is 9.61. The van der Waals surface area contributed by atoms with Crippen LogP contribution in [-0.4, -0.2) is 24.2 Å². The Morgan fingerprint density at radius 2 is 1.70 bits per heavy atom. The Balaban J connectivity index is 1.87. The van der Waals surface area contributed by atoms with Crippen molar-refractivity contribution in [2.24, 2.45) is 0 Å². The van der Waals surface area contributed by atoms with Crippen molar-refractivity contribution in [1.82, 2.24) is 5.32 Å². The van der Waals surface area contributed by atoms with Crippen LogP contribution in [0.4, 0.5) is 5.69 Å². The van der Waals surface area contributed by atoms with Crippen LogP contribution in [0.3, 0.4) is 0 Å². The van der Waals surface area contributed by atoms with Gasteiger partial charge in [-0.15, -0.1) is 0 Å². The molecule has 0 spiro atoms. The van der Waals surface area contributed by atoms with Crippen molar-refractivity contribution in [3.8, 4) is 11.5 Å². The van der Waals surface area contributed by atoms with Crippen molar-refractivity contribution in [2.45, 2.75) is 33.1 Å². The molecule has 0 aromatic heterocycles. The molecule has 0 bridgehead atoms. The predicted molar refractivity (Wildman–Crippen MR) is 113 cm³/mol. The fourth-order valence-electron chi connectivity index (χ4n) is 2.26. The van der Waals surface area contributed by atoms with Gasteiger partial charge in [-0.3, -0.25) is 10.1 Å². The van der Waals surface area contributed by atoms with Crippen LogP contribution in [0.15, 0.2) is 48.5 Å². The van der Waals surface area contributed by atoms with E-state index in [0.717, 1.165) is 36.4 Å². The van der Waals surface area contributed by atoms with Crippen molar-refractivity contribution < 1.29 is 14.3 Å². The van der Waals surface area contributed by atoms with Crippen LogP contribution >= 0.6 is 12.2 Å². The van der Waals surface area contributed by atoms with Gasteiger partial charge in [0, 0.05) is 17.3 Å². The predicted octanol–water partition coefficient (Wildman–Crippen LogP) is 4.78. The molecule has 2 aromatic carbocycles. The van der Waals surface area contributed by atoms with Gasteiger partial charge in [0.1, 0.15) is 11.5 Å². The largest absolute Gasteiger partial charge is 0.494 e. The van der Waals surface area contributed by atoms with Crippen molar-refractivity contribution in [1.29, 1.82) is 0 Å². The average molecular weight is 387 g/mol. The number of carbonyl (C=O) groups excluding carboxylic acids is 1. The molecule has 0 aliphatic heterocycles. The second kappa shape index (κ2) is 11.2. The van der Waals surface area contributed by atoms with E-state index in [1.807, 2.05) is 24.3 Å². The Morgan fingerprint density at radius 3 is 2.41 bits per heavy atom. The van der Waals surface area contributed by atoms with Gasteiger partial charge in [0.15, 0.2) is 5.11 Å². The highest BCUT2D eigenvalue weighted by atomic mass is 32.1. The molecule has 0 aliphatic carbocycles. The van der Waals surface area contributed by atoms with Crippen molar-refractivity contribution >= 4 is 28.9 Å². The minimum atomic E-state index is -0.272. The summed E-state index contributed by atoms with van der Waals surface area (Å²) < 4.78 is 11.2.